The lowest BCUT2D eigenvalue weighted by Gasteiger charge is -2.12. The molecule has 0 aliphatic rings. The number of aromatic hydroxyl groups is 1. The minimum absolute atomic E-state index is 0.0317. The highest BCUT2D eigenvalue weighted by Crippen LogP contribution is 2.33. The third kappa shape index (κ3) is 5.71. The van der Waals surface area contributed by atoms with Gasteiger partial charge in [-0.15, -0.1) is 0 Å². The molecule has 0 aliphatic heterocycles. The molecule has 0 amide bonds. The predicted molar refractivity (Wildman–Crippen MR) is 125 cm³/mol. The summed E-state index contributed by atoms with van der Waals surface area (Å²) in [5.41, 5.74) is 0.937. The molecule has 4 aromatic rings. The minimum atomic E-state index is -5.08. The van der Waals surface area contributed by atoms with E-state index in [9.17, 15) is 23.1 Å². The summed E-state index contributed by atoms with van der Waals surface area (Å²) in [4.78, 5) is 37.3. The lowest BCUT2D eigenvalue weighted by atomic mass is 10.1. The van der Waals surface area contributed by atoms with Crippen LogP contribution in [0.5, 0.6) is 23.0 Å². The number of hydrogen-bond donors (Lipinski definition) is 4. The van der Waals surface area contributed by atoms with E-state index in [2.05, 4.69) is 25.3 Å². The molecule has 0 saturated carbocycles. The number of anilines is 2. The van der Waals surface area contributed by atoms with Gasteiger partial charge in [-0.25, -0.2) is 19.7 Å². The van der Waals surface area contributed by atoms with Crippen LogP contribution in [0, 0.1) is 6.92 Å². The van der Waals surface area contributed by atoms with Crippen LogP contribution in [0.3, 0.4) is 0 Å². The molecule has 196 valence electrons. The van der Waals surface area contributed by atoms with Gasteiger partial charge in [0.05, 0.1) is 27.0 Å². The van der Waals surface area contributed by atoms with Crippen molar-refractivity contribution in [2.24, 2.45) is 0 Å². The van der Waals surface area contributed by atoms with E-state index in [-0.39, 0.29) is 28.5 Å². The first-order valence-electron chi connectivity index (χ1n) is 10.2. The number of methoxy groups -OCH3 is 3. The second kappa shape index (κ2) is 10.4. The standard InChI is InChI=1S/C20H19N5O5.C2HF3O2/c1-9-11-7-10(28-2)8-14(30-4)16(11)22-19(21-9)25-20-23-17-13(29-3)6-5-12(26)15(17)18(27)24-20;3-2(4,5)1(6)7/h5-8,26H,1-4H3,(H2,21,22,23,24,25,27);(H,6,7). The number of phenolic OH excluding ortho intramolecular Hbond substituents is 1. The number of fused-ring (bicyclic) bond motifs is 2. The summed E-state index contributed by atoms with van der Waals surface area (Å²) < 4.78 is 47.7. The van der Waals surface area contributed by atoms with Crippen molar-refractivity contribution in [1.82, 2.24) is 19.9 Å². The van der Waals surface area contributed by atoms with Gasteiger partial charge in [0, 0.05) is 11.5 Å². The van der Waals surface area contributed by atoms with Gasteiger partial charge in [-0.05, 0) is 25.1 Å². The quantitative estimate of drug-likeness (QED) is 0.303. The first kappa shape index (κ1) is 26.8. The van der Waals surface area contributed by atoms with E-state index in [4.69, 9.17) is 24.1 Å². The Morgan fingerprint density at radius 3 is 2.22 bits per heavy atom. The van der Waals surface area contributed by atoms with Crippen LogP contribution in [0.25, 0.3) is 21.8 Å². The van der Waals surface area contributed by atoms with E-state index in [0.29, 0.717) is 28.5 Å². The summed E-state index contributed by atoms with van der Waals surface area (Å²) in [6.07, 6.45) is -5.08. The molecular formula is C22H20F3N5O7. The number of rotatable bonds is 5. The number of nitrogens with zero attached hydrogens (tertiary/aromatic N) is 3. The van der Waals surface area contributed by atoms with Crippen molar-refractivity contribution in [2.45, 2.75) is 13.1 Å². The lowest BCUT2D eigenvalue weighted by molar-refractivity contribution is -0.192. The Bertz CT molecular complexity index is 1540. The molecule has 0 aliphatic carbocycles. The van der Waals surface area contributed by atoms with Crippen LogP contribution in [0.2, 0.25) is 0 Å². The van der Waals surface area contributed by atoms with Gasteiger partial charge in [-0.1, -0.05) is 0 Å². The molecule has 2 aromatic carbocycles. The van der Waals surface area contributed by atoms with E-state index in [1.165, 1.54) is 19.2 Å². The Labute approximate surface area is 205 Å². The molecule has 12 nitrogen and oxygen atoms in total. The van der Waals surface area contributed by atoms with Gasteiger partial charge >= 0.3 is 12.1 Å². The number of ether oxygens (including phenoxy) is 3. The van der Waals surface area contributed by atoms with Gasteiger partial charge < -0.3 is 24.4 Å². The summed E-state index contributed by atoms with van der Waals surface area (Å²) in [6.45, 7) is 1.83. The lowest BCUT2D eigenvalue weighted by Crippen LogP contribution is -2.21. The molecule has 2 heterocycles. The predicted octanol–water partition coefficient (Wildman–Crippen LogP) is 3.28. The molecule has 0 atom stereocenters. The summed E-state index contributed by atoms with van der Waals surface area (Å²) >= 11 is 0. The maximum Gasteiger partial charge on any atom is 0.490 e. The number of H-pyrrole nitrogens is 1. The van der Waals surface area contributed by atoms with Crippen LogP contribution in [0.4, 0.5) is 25.1 Å². The Morgan fingerprint density at radius 1 is 1.00 bits per heavy atom. The molecule has 0 spiro atoms. The normalized spacial score (nSPS) is 11.0. The number of carbonyl (C=O) groups is 1. The Kier molecular flexibility index (Phi) is 7.55. The SMILES string of the molecule is COc1cc(OC)c2nc(Nc3nc4c(OC)ccc(O)c4c(=O)[nH]3)nc(C)c2c1.O=C(O)C(F)(F)F. The maximum atomic E-state index is 12.5. The smallest absolute Gasteiger partial charge is 0.490 e. The van der Waals surface area contributed by atoms with Crippen LogP contribution >= 0.6 is 0 Å². The number of aromatic amines is 1. The van der Waals surface area contributed by atoms with Crippen molar-refractivity contribution in [3.63, 3.8) is 0 Å². The van der Waals surface area contributed by atoms with E-state index in [0.717, 1.165) is 5.39 Å². The fourth-order valence-corrected chi connectivity index (χ4v) is 3.19. The molecule has 0 unspecified atom stereocenters. The fourth-order valence-electron chi connectivity index (χ4n) is 3.19. The van der Waals surface area contributed by atoms with Crippen molar-refractivity contribution < 1.29 is 42.4 Å². The Morgan fingerprint density at radius 2 is 1.65 bits per heavy atom. The molecule has 15 heteroatoms. The molecule has 0 radical (unpaired) electrons. The average Bonchev–Trinajstić information content (AvgIpc) is 2.83. The zero-order chi connectivity index (χ0) is 27.5. The molecule has 4 N–H and O–H groups in total. The number of aryl methyl sites for hydroxylation is 1. The summed E-state index contributed by atoms with van der Waals surface area (Å²) in [7, 11) is 4.57. The number of carboxylic acid groups (broad SMARTS) is 1. The third-order valence-corrected chi connectivity index (χ3v) is 4.88. The monoisotopic (exact) mass is 523 g/mol. The van der Waals surface area contributed by atoms with Crippen molar-refractivity contribution in [3.8, 4) is 23.0 Å². The van der Waals surface area contributed by atoms with Crippen molar-refractivity contribution in [3.05, 3.63) is 40.3 Å². The zero-order valence-electron chi connectivity index (χ0n) is 19.7. The number of benzene rings is 2. The Hall–Kier alpha value is -4.82. The highest BCUT2D eigenvalue weighted by molar-refractivity contribution is 5.91. The first-order chi connectivity index (χ1) is 17.4. The number of nitrogens with one attached hydrogen (secondary N) is 2. The van der Waals surface area contributed by atoms with Crippen LogP contribution in [0.1, 0.15) is 5.69 Å². The van der Waals surface area contributed by atoms with E-state index in [1.807, 2.05) is 13.0 Å². The topological polar surface area (TPSA) is 169 Å². The molecule has 37 heavy (non-hydrogen) atoms. The van der Waals surface area contributed by atoms with Gasteiger partial charge in [0.1, 0.15) is 39.4 Å². The largest absolute Gasteiger partial charge is 0.507 e. The molecule has 4 rings (SSSR count). The number of hydrogen-bond acceptors (Lipinski definition) is 10. The van der Waals surface area contributed by atoms with Crippen LogP contribution < -0.4 is 25.1 Å². The molecule has 0 saturated heterocycles. The second-order valence-electron chi connectivity index (χ2n) is 7.21. The van der Waals surface area contributed by atoms with E-state index in [1.54, 1.807) is 20.3 Å². The molecule has 0 fully saturated rings. The van der Waals surface area contributed by atoms with E-state index >= 15 is 0 Å². The van der Waals surface area contributed by atoms with Crippen molar-refractivity contribution in [1.29, 1.82) is 0 Å². The minimum Gasteiger partial charge on any atom is -0.507 e. The third-order valence-electron chi connectivity index (χ3n) is 4.88. The number of aliphatic carboxylic acids is 1. The van der Waals surface area contributed by atoms with Gasteiger partial charge in [0.15, 0.2) is 0 Å². The zero-order valence-corrected chi connectivity index (χ0v) is 19.7. The molecule has 0 bridgehead atoms. The Balaban J connectivity index is 0.000000479. The molecule has 2 aromatic heterocycles. The first-order valence-corrected chi connectivity index (χ1v) is 10.2. The summed E-state index contributed by atoms with van der Waals surface area (Å²) in [5, 5.41) is 20.9. The van der Waals surface area contributed by atoms with E-state index < -0.39 is 17.7 Å². The maximum absolute atomic E-state index is 12.5. The number of carboxylic acids is 1. The van der Waals surface area contributed by atoms with Gasteiger partial charge in [0.2, 0.25) is 11.9 Å². The van der Waals surface area contributed by atoms with Crippen LogP contribution in [0.15, 0.2) is 29.1 Å². The highest BCUT2D eigenvalue weighted by atomic mass is 19.4. The number of alkyl halides is 3. The highest BCUT2D eigenvalue weighted by Gasteiger charge is 2.38. The van der Waals surface area contributed by atoms with Gasteiger partial charge in [-0.2, -0.15) is 13.2 Å². The fraction of sp³-hybridized carbons (Fsp3) is 0.227. The van der Waals surface area contributed by atoms with Crippen molar-refractivity contribution >= 4 is 39.7 Å². The number of halogens is 3. The van der Waals surface area contributed by atoms with Gasteiger partial charge in [0.25, 0.3) is 5.56 Å². The number of aromatic nitrogens is 4. The average molecular weight is 523 g/mol. The van der Waals surface area contributed by atoms with Crippen LogP contribution in [-0.4, -0.2) is 63.6 Å². The van der Waals surface area contributed by atoms with Gasteiger partial charge in [-0.3, -0.25) is 15.1 Å². The number of phenols is 1. The van der Waals surface area contributed by atoms with Crippen molar-refractivity contribution in [2.75, 3.05) is 26.6 Å². The van der Waals surface area contributed by atoms with Crippen LogP contribution in [-0.2, 0) is 4.79 Å². The summed E-state index contributed by atoms with van der Waals surface area (Å²) in [6, 6.07) is 6.45. The second-order valence-corrected chi connectivity index (χ2v) is 7.21. The molecular weight excluding hydrogens is 503 g/mol. The summed E-state index contributed by atoms with van der Waals surface area (Å²) in [5.74, 6) is -1.15.